The summed E-state index contributed by atoms with van der Waals surface area (Å²) in [5, 5.41) is 0. The normalized spacial score (nSPS) is 9.00. The molecule has 3 heteroatoms. The van der Waals surface area contributed by atoms with Crippen LogP contribution in [0.2, 0.25) is 0 Å². The van der Waals surface area contributed by atoms with Crippen molar-refractivity contribution in [3.63, 3.8) is 0 Å². The molecule has 0 amide bonds. The molecule has 1 radical (unpaired) electrons. The van der Waals surface area contributed by atoms with Gasteiger partial charge in [0, 0.05) is 12.3 Å². The average Bonchev–Trinajstić information content (AvgIpc) is 1.89. The largest absolute Gasteiger partial charge is 0.480 e. The zero-order valence-corrected chi connectivity index (χ0v) is 5.09. The fraction of sp³-hybridized carbons (Fsp3) is 0.167. The molecule has 0 aromatic carbocycles. The van der Waals surface area contributed by atoms with Crippen molar-refractivity contribution in [3.05, 3.63) is 18.3 Å². The van der Waals surface area contributed by atoms with Crippen molar-refractivity contribution in [2.45, 2.75) is 0 Å². The van der Waals surface area contributed by atoms with Crippen LogP contribution in [-0.2, 0) is 0 Å². The third-order valence-corrected chi connectivity index (χ3v) is 0.935. The van der Waals surface area contributed by atoms with Gasteiger partial charge in [-0.1, -0.05) is 0 Å². The summed E-state index contributed by atoms with van der Waals surface area (Å²) in [7, 11) is 1.53. The van der Waals surface area contributed by atoms with E-state index in [1.54, 1.807) is 6.07 Å². The van der Waals surface area contributed by atoms with Gasteiger partial charge in [-0.2, -0.15) is 0 Å². The van der Waals surface area contributed by atoms with Crippen molar-refractivity contribution < 1.29 is 4.74 Å². The van der Waals surface area contributed by atoms with Gasteiger partial charge in [-0.15, -0.1) is 0 Å². The third-order valence-electron chi connectivity index (χ3n) is 0.935. The van der Waals surface area contributed by atoms with Crippen LogP contribution < -0.4 is 10.5 Å². The Balaban J connectivity index is 3.01. The number of nitrogens with two attached hydrogens (primary N) is 1. The molecule has 0 aliphatic carbocycles. The standard InChI is InChI=1S/C6H7N2O/c1-9-6-5(7)3-2-4-8-6/h3-4H,7H2,1H3. The zero-order valence-electron chi connectivity index (χ0n) is 5.09. The Morgan fingerprint density at radius 1 is 1.78 bits per heavy atom. The summed E-state index contributed by atoms with van der Waals surface area (Å²) in [6.45, 7) is 0. The molecule has 0 aliphatic heterocycles. The van der Waals surface area contributed by atoms with E-state index in [4.69, 9.17) is 10.5 Å². The van der Waals surface area contributed by atoms with Crippen LogP contribution in [-0.4, -0.2) is 12.1 Å². The molecule has 0 unspecified atom stereocenters. The summed E-state index contributed by atoms with van der Waals surface area (Å²) in [6, 6.07) is 4.34. The van der Waals surface area contributed by atoms with E-state index in [9.17, 15) is 0 Å². The summed E-state index contributed by atoms with van der Waals surface area (Å²) in [4.78, 5) is 3.79. The minimum absolute atomic E-state index is 0.453. The van der Waals surface area contributed by atoms with Crippen LogP contribution in [0.5, 0.6) is 5.88 Å². The monoisotopic (exact) mass is 123 g/mol. The quantitative estimate of drug-likeness (QED) is 0.590. The highest BCUT2D eigenvalue weighted by molar-refractivity contribution is 5.46. The Bertz CT molecular complexity index is 200. The first-order valence-corrected chi connectivity index (χ1v) is 2.50. The van der Waals surface area contributed by atoms with E-state index in [-0.39, 0.29) is 0 Å². The molecule has 1 heterocycles. The van der Waals surface area contributed by atoms with Crippen LogP contribution >= 0.6 is 0 Å². The Morgan fingerprint density at radius 3 is 3.00 bits per heavy atom. The fourth-order valence-corrected chi connectivity index (χ4v) is 0.530. The lowest BCUT2D eigenvalue weighted by Gasteiger charge is -1.98. The maximum atomic E-state index is 5.41. The summed E-state index contributed by atoms with van der Waals surface area (Å²) in [5.74, 6) is 0.453. The highest BCUT2D eigenvalue weighted by atomic mass is 16.5. The molecule has 0 saturated heterocycles. The lowest BCUT2D eigenvalue weighted by Crippen LogP contribution is -1.93. The molecule has 1 aromatic heterocycles. The Labute approximate surface area is 53.5 Å². The Kier molecular flexibility index (Phi) is 1.53. The lowest BCUT2D eigenvalue weighted by molar-refractivity contribution is 0.400. The Hall–Kier alpha value is -1.25. The van der Waals surface area contributed by atoms with Gasteiger partial charge in [-0.05, 0) is 6.07 Å². The van der Waals surface area contributed by atoms with Crippen LogP contribution in [0.3, 0.4) is 0 Å². The van der Waals surface area contributed by atoms with Crippen molar-refractivity contribution in [1.82, 2.24) is 4.98 Å². The number of hydrogen-bond donors (Lipinski definition) is 1. The second-order valence-electron chi connectivity index (χ2n) is 1.53. The van der Waals surface area contributed by atoms with E-state index >= 15 is 0 Å². The number of anilines is 1. The second-order valence-corrected chi connectivity index (χ2v) is 1.53. The van der Waals surface area contributed by atoms with Crippen LogP contribution in [0.4, 0.5) is 5.69 Å². The van der Waals surface area contributed by atoms with Crippen molar-refractivity contribution in [3.8, 4) is 5.88 Å². The van der Waals surface area contributed by atoms with Gasteiger partial charge >= 0.3 is 0 Å². The fourth-order valence-electron chi connectivity index (χ4n) is 0.530. The number of nitrogen functional groups attached to an aromatic ring is 1. The number of methoxy groups -OCH3 is 1. The number of hydrogen-bond acceptors (Lipinski definition) is 3. The maximum Gasteiger partial charge on any atom is 0.236 e. The van der Waals surface area contributed by atoms with E-state index in [1.165, 1.54) is 13.3 Å². The van der Waals surface area contributed by atoms with Gasteiger partial charge in [0.2, 0.25) is 5.88 Å². The molecule has 1 rings (SSSR count). The first kappa shape index (κ1) is 5.88. The number of aromatic nitrogens is 1. The molecule has 0 bridgehead atoms. The highest BCUT2D eigenvalue weighted by Crippen LogP contribution is 2.13. The highest BCUT2D eigenvalue weighted by Gasteiger charge is 1.94. The van der Waals surface area contributed by atoms with E-state index in [0.29, 0.717) is 11.6 Å². The van der Waals surface area contributed by atoms with Gasteiger partial charge in [-0.3, -0.25) is 0 Å². The van der Waals surface area contributed by atoms with E-state index in [1.807, 2.05) is 0 Å². The molecular formula is C6H7N2O. The third kappa shape index (κ3) is 1.10. The van der Waals surface area contributed by atoms with Crippen LogP contribution in [0.1, 0.15) is 0 Å². The van der Waals surface area contributed by atoms with Gasteiger partial charge < -0.3 is 10.5 Å². The predicted molar refractivity (Wildman–Crippen MR) is 34.0 cm³/mol. The maximum absolute atomic E-state index is 5.41. The molecule has 0 fully saturated rings. The molecule has 0 spiro atoms. The van der Waals surface area contributed by atoms with Gasteiger partial charge in [0.25, 0.3) is 0 Å². The molecule has 0 saturated carbocycles. The first-order valence-electron chi connectivity index (χ1n) is 2.50. The van der Waals surface area contributed by atoms with Gasteiger partial charge in [0.15, 0.2) is 0 Å². The molecule has 2 N–H and O–H groups in total. The van der Waals surface area contributed by atoms with Gasteiger partial charge in [0.1, 0.15) is 0 Å². The molecule has 9 heavy (non-hydrogen) atoms. The van der Waals surface area contributed by atoms with Crippen molar-refractivity contribution >= 4 is 5.69 Å². The number of nitrogens with zero attached hydrogens (tertiary/aromatic N) is 1. The minimum Gasteiger partial charge on any atom is -0.480 e. The molecule has 0 atom stereocenters. The first-order chi connectivity index (χ1) is 4.34. The molecule has 1 aromatic rings. The van der Waals surface area contributed by atoms with Gasteiger partial charge in [0.05, 0.1) is 12.8 Å². The summed E-state index contributed by atoms with van der Waals surface area (Å²) in [5.41, 5.74) is 5.93. The molecule has 3 nitrogen and oxygen atoms in total. The minimum atomic E-state index is 0.453. The zero-order chi connectivity index (χ0) is 6.69. The summed E-state index contributed by atoms with van der Waals surface area (Å²) < 4.78 is 4.79. The van der Waals surface area contributed by atoms with E-state index in [0.717, 1.165) is 0 Å². The van der Waals surface area contributed by atoms with Crippen LogP contribution in [0, 0.1) is 6.07 Å². The Morgan fingerprint density at radius 2 is 2.56 bits per heavy atom. The van der Waals surface area contributed by atoms with Crippen LogP contribution in [0.15, 0.2) is 12.3 Å². The van der Waals surface area contributed by atoms with Crippen molar-refractivity contribution in [2.75, 3.05) is 12.8 Å². The SMILES string of the molecule is COc1nc[c]cc1N. The van der Waals surface area contributed by atoms with Crippen molar-refractivity contribution in [2.24, 2.45) is 0 Å². The number of rotatable bonds is 1. The molecule has 47 valence electrons. The lowest BCUT2D eigenvalue weighted by atomic mass is 10.4. The average molecular weight is 123 g/mol. The smallest absolute Gasteiger partial charge is 0.236 e. The number of ether oxygens (including phenoxy) is 1. The van der Waals surface area contributed by atoms with E-state index < -0.39 is 0 Å². The summed E-state index contributed by atoms with van der Waals surface area (Å²) >= 11 is 0. The second kappa shape index (κ2) is 2.35. The number of pyridine rings is 1. The van der Waals surface area contributed by atoms with Gasteiger partial charge in [-0.25, -0.2) is 4.98 Å². The predicted octanol–water partition coefficient (Wildman–Crippen LogP) is 0.473. The van der Waals surface area contributed by atoms with Crippen LogP contribution in [0.25, 0.3) is 0 Å². The summed E-state index contributed by atoms with van der Waals surface area (Å²) in [6.07, 6.45) is 1.51. The molecular weight excluding hydrogens is 116 g/mol. The van der Waals surface area contributed by atoms with E-state index in [2.05, 4.69) is 11.1 Å². The van der Waals surface area contributed by atoms with Crippen molar-refractivity contribution in [1.29, 1.82) is 0 Å². The molecule has 0 aliphatic rings. The topological polar surface area (TPSA) is 48.1 Å².